The SMILES string of the molecule is CCCCCCOC(=O)c1cc(Cl)cc(S(=O)(=O)Cl)c1C. The lowest BCUT2D eigenvalue weighted by atomic mass is 10.1. The van der Waals surface area contributed by atoms with E-state index in [0.29, 0.717) is 6.61 Å². The summed E-state index contributed by atoms with van der Waals surface area (Å²) < 4.78 is 28.1. The van der Waals surface area contributed by atoms with Crippen LogP contribution in [0.1, 0.15) is 48.5 Å². The van der Waals surface area contributed by atoms with Gasteiger partial charge in [-0.1, -0.05) is 37.8 Å². The van der Waals surface area contributed by atoms with Crippen LogP contribution in [-0.4, -0.2) is 21.0 Å². The van der Waals surface area contributed by atoms with E-state index < -0.39 is 15.0 Å². The molecule has 1 aromatic rings. The van der Waals surface area contributed by atoms with E-state index in [-0.39, 0.29) is 21.0 Å². The van der Waals surface area contributed by atoms with Crippen LogP contribution in [0.3, 0.4) is 0 Å². The summed E-state index contributed by atoms with van der Waals surface area (Å²) in [6, 6.07) is 2.61. The van der Waals surface area contributed by atoms with E-state index in [9.17, 15) is 13.2 Å². The van der Waals surface area contributed by atoms with Crippen molar-refractivity contribution in [3.63, 3.8) is 0 Å². The van der Waals surface area contributed by atoms with Gasteiger partial charge in [-0.2, -0.15) is 0 Å². The van der Waals surface area contributed by atoms with Crippen LogP contribution in [0.5, 0.6) is 0 Å². The van der Waals surface area contributed by atoms with Gasteiger partial charge in [-0.05, 0) is 31.0 Å². The molecule has 1 aromatic carbocycles. The van der Waals surface area contributed by atoms with Gasteiger partial charge in [0.25, 0.3) is 9.05 Å². The molecule has 0 aromatic heterocycles. The third kappa shape index (κ3) is 5.49. The van der Waals surface area contributed by atoms with Crippen LogP contribution >= 0.6 is 22.3 Å². The minimum absolute atomic E-state index is 0.122. The summed E-state index contributed by atoms with van der Waals surface area (Å²) in [6.45, 7) is 3.89. The van der Waals surface area contributed by atoms with Gasteiger partial charge in [0.15, 0.2) is 0 Å². The van der Waals surface area contributed by atoms with E-state index >= 15 is 0 Å². The summed E-state index contributed by atoms with van der Waals surface area (Å²) in [7, 11) is 1.37. The Labute approximate surface area is 134 Å². The number of hydrogen-bond acceptors (Lipinski definition) is 4. The second-order valence-corrected chi connectivity index (χ2v) is 7.68. The molecule has 0 unspecified atom stereocenters. The van der Waals surface area contributed by atoms with E-state index in [2.05, 4.69) is 6.92 Å². The molecule has 0 heterocycles. The molecule has 4 nitrogen and oxygen atoms in total. The van der Waals surface area contributed by atoms with Crippen molar-refractivity contribution in [2.75, 3.05) is 6.61 Å². The topological polar surface area (TPSA) is 60.4 Å². The van der Waals surface area contributed by atoms with Crippen molar-refractivity contribution in [3.05, 3.63) is 28.3 Å². The van der Waals surface area contributed by atoms with Gasteiger partial charge in [-0.15, -0.1) is 0 Å². The lowest BCUT2D eigenvalue weighted by molar-refractivity contribution is 0.0496. The van der Waals surface area contributed by atoms with E-state index in [4.69, 9.17) is 27.0 Å². The fourth-order valence-electron chi connectivity index (χ4n) is 1.89. The lowest BCUT2D eigenvalue weighted by Crippen LogP contribution is -2.10. The van der Waals surface area contributed by atoms with Gasteiger partial charge in [0.1, 0.15) is 0 Å². The first kappa shape index (κ1) is 18.3. The number of halogens is 2. The van der Waals surface area contributed by atoms with Gasteiger partial charge >= 0.3 is 5.97 Å². The van der Waals surface area contributed by atoms with Crippen molar-refractivity contribution in [1.82, 2.24) is 0 Å². The van der Waals surface area contributed by atoms with Crippen LogP contribution in [0.15, 0.2) is 17.0 Å². The summed E-state index contributed by atoms with van der Waals surface area (Å²) in [4.78, 5) is 11.8. The lowest BCUT2D eigenvalue weighted by Gasteiger charge is -2.10. The zero-order valence-electron chi connectivity index (χ0n) is 12.0. The van der Waals surface area contributed by atoms with Crippen molar-refractivity contribution in [3.8, 4) is 0 Å². The molecule has 0 spiro atoms. The highest BCUT2D eigenvalue weighted by molar-refractivity contribution is 8.13. The first-order valence-electron chi connectivity index (χ1n) is 6.69. The smallest absolute Gasteiger partial charge is 0.338 e. The summed E-state index contributed by atoms with van der Waals surface area (Å²) in [5.41, 5.74) is 0.366. The Morgan fingerprint density at radius 2 is 1.90 bits per heavy atom. The van der Waals surface area contributed by atoms with E-state index in [1.807, 2.05) is 0 Å². The minimum Gasteiger partial charge on any atom is -0.462 e. The average molecular weight is 353 g/mol. The Kier molecular flexibility index (Phi) is 6.97. The monoisotopic (exact) mass is 352 g/mol. The second kappa shape index (κ2) is 8.01. The third-order valence-corrected chi connectivity index (χ3v) is 4.70. The highest BCUT2D eigenvalue weighted by Gasteiger charge is 2.21. The van der Waals surface area contributed by atoms with Crippen molar-refractivity contribution in [2.24, 2.45) is 0 Å². The molecular formula is C14H18Cl2O4S. The highest BCUT2D eigenvalue weighted by Crippen LogP contribution is 2.27. The van der Waals surface area contributed by atoms with Crippen LogP contribution in [0.4, 0.5) is 0 Å². The fraction of sp³-hybridized carbons (Fsp3) is 0.500. The molecule has 0 amide bonds. The molecule has 0 bridgehead atoms. The number of benzene rings is 1. The van der Waals surface area contributed by atoms with Gasteiger partial charge < -0.3 is 4.74 Å². The Bertz CT molecular complexity index is 612. The number of carbonyl (C=O) groups excluding carboxylic acids is 1. The summed E-state index contributed by atoms with van der Waals surface area (Å²) in [5, 5.41) is 0.123. The highest BCUT2D eigenvalue weighted by atomic mass is 35.7. The second-order valence-electron chi connectivity index (χ2n) is 4.71. The Morgan fingerprint density at radius 3 is 2.48 bits per heavy atom. The maximum Gasteiger partial charge on any atom is 0.338 e. The molecule has 7 heteroatoms. The van der Waals surface area contributed by atoms with Gasteiger partial charge in [0.2, 0.25) is 0 Å². The predicted molar refractivity (Wildman–Crippen MR) is 83.7 cm³/mol. The standard InChI is InChI=1S/C14H18Cl2O4S/c1-3-4-5-6-7-20-14(17)12-8-11(15)9-13(10(12)2)21(16,18)19/h8-9H,3-7H2,1-2H3. The molecule has 0 aliphatic heterocycles. The van der Waals surface area contributed by atoms with E-state index in [0.717, 1.165) is 25.7 Å². The van der Waals surface area contributed by atoms with Crippen molar-refractivity contribution < 1.29 is 17.9 Å². The van der Waals surface area contributed by atoms with Gasteiger partial charge in [-0.25, -0.2) is 13.2 Å². The summed E-state index contributed by atoms with van der Waals surface area (Å²) >= 11 is 5.84. The molecule has 0 aliphatic rings. The molecule has 0 N–H and O–H groups in total. The molecule has 0 saturated carbocycles. The molecular weight excluding hydrogens is 335 g/mol. The summed E-state index contributed by atoms with van der Waals surface area (Å²) in [5.74, 6) is -0.590. The average Bonchev–Trinajstić information content (AvgIpc) is 2.39. The molecule has 118 valence electrons. The quantitative estimate of drug-likeness (QED) is 0.416. The number of hydrogen-bond donors (Lipinski definition) is 0. The molecule has 0 fully saturated rings. The Morgan fingerprint density at radius 1 is 1.24 bits per heavy atom. The van der Waals surface area contributed by atoms with Crippen LogP contribution < -0.4 is 0 Å². The van der Waals surface area contributed by atoms with Crippen LogP contribution in [-0.2, 0) is 13.8 Å². The van der Waals surface area contributed by atoms with Crippen LogP contribution in [0, 0.1) is 6.92 Å². The number of ether oxygens (including phenoxy) is 1. The zero-order valence-corrected chi connectivity index (χ0v) is 14.3. The molecule has 0 saturated heterocycles. The minimum atomic E-state index is -3.96. The Balaban J connectivity index is 2.88. The normalized spacial score (nSPS) is 11.4. The predicted octanol–water partition coefficient (Wildman–Crippen LogP) is 4.31. The molecule has 0 atom stereocenters. The van der Waals surface area contributed by atoms with Crippen molar-refractivity contribution >= 4 is 37.3 Å². The van der Waals surface area contributed by atoms with Gasteiger partial charge in [-0.3, -0.25) is 0 Å². The molecule has 1 rings (SSSR count). The van der Waals surface area contributed by atoms with E-state index in [1.165, 1.54) is 19.1 Å². The van der Waals surface area contributed by atoms with Gasteiger partial charge in [0, 0.05) is 15.7 Å². The van der Waals surface area contributed by atoms with Crippen molar-refractivity contribution in [2.45, 2.75) is 44.4 Å². The molecule has 21 heavy (non-hydrogen) atoms. The van der Waals surface area contributed by atoms with Crippen LogP contribution in [0.2, 0.25) is 5.02 Å². The number of esters is 1. The zero-order chi connectivity index (χ0) is 16.0. The fourth-order valence-corrected chi connectivity index (χ4v) is 3.40. The maximum absolute atomic E-state index is 12.0. The first-order valence-corrected chi connectivity index (χ1v) is 9.38. The summed E-state index contributed by atoms with van der Waals surface area (Å²) in [6.07, 6.45) is 3.94. The Hall–Kier alpha value is -0.780. The number of rotatable bonds is 7. The third-order valence-electron chi connectivity index (χ3n) is 3.04. The maximum atomic E-state index is 12.0. The number of carbonyl (C=O) groups is 1. The van der Waals surface area contributed by atoms with Gasteiger partial charge in [0.05, 0.1) is 17.1 Å². The largest absolute Gasteiger partial charge is 0.462 e. The number of unbranched alkanes of at least 4 members (excludes halogenated alkanes) is 3. The van der Waals surface area contributed by atoms with Crippen LogP contribution in [0.25, 0.3) is 0 Å². The van der Waals surface area contributed by atoms with E-state index in [1.54, 1.807) is 0 Å². The molecule has 0 aliphatic carbocycles. The van der Waals surface area contributed by atoms with Crippen molar-refractivity contribution in [1.29, 1.82) is 0 Å². The molecule has 0 radical (unpaired) electrons. The first-order chi connectivity index (χ1) is 9.77.